The van der Waals surface area contributed by atoms with Crippen molar-refractivity contribution in [3.8, 4) is 23.1 Å². The maximum atomic E-state index is 12.5. The fraction of sp³-hybridized carbons (Fsp3) is 0.500. The Kier molecular flexibility index (Phi) is 9.54. The first-order chi connectivity index (χ1) is 14.5. The van der Waals surface area contributed by atoms with Crippen LogP contribution in [0.2, 0.25) is 0 Å². The molecule has 0 spiro atoms. The van der Waals surface area contributed by atoms with Crippen molar-refractivity contribution in [3.05, 3.63) is 48.2 Å². The number of carbonyl (C=O) groups is 1. The molecule has 4 nitrogen and oxygen atoms in total. The molecule has 0 N–H and O–H groups in total. The number of rotatable bonds is 12. The number of carbonyl (C=O) groups excluding carboxylic acids is 1. The lowest BCUT2D eigenvalue weighted by molar-refractivity contribution is -0.142. The highest BCUT2D eigenvalue weighted by Crippen LogP contribution is 2.28. The highest BCUT2D eigenvalue weighted by atomic mass is 16.5. The SMILES string of the molecule is CCCCCCc1ccc(-c2ccc(OC(=O)C(C)(C#N)CCCCC)cc2)nc1. The number of unbranched alkanes of at least 4 members (excludes halogenated alkanes) is 5. The zero-order valence-corrected chi connectivity index (χ0v) is 18.6. The van der Waals surface area contributed by atoms with Crippen LogP contribution in [0.25, 0.3) is 11.3 Å². The maximum absolute atomic E-state index is 12.5. The van der Waals surface area contributed by atoms with Crippen molar-refractivity contribution in [2.75, 3.05) is 0 Å². The molecule has 0 aliphatic carbocycles. The first kappa shape index (κ1) is 23.6. The van der Waals surface area contributed by atoms with Crippen LogP contribution in [0.4, 0.5) is 0 Å². The number of benzene rings is 1. The summed E-state index contributed by atoms with van der Waals surface area (Å²) in [6.07, 6.45) is 11.4. The van der Waals surface area contributed by atoms with Gasteiger partial charge in [-0.05, 0) is 62.1 Å². The van der Waals surface area contributed by atoms with Crippen molar-refractivity contribution in [2.24, 2.45) is 5.41 Å². The van der Waals surface area contributed by atoms with E-state index in [0.717, 1.165) is 36.9 Å². The molecular weight excluding hydrogens is 372 g/mol. The molecule has 0 saturated carbocycles. The Morgan fingerprint density at radius 1 is 1.00 bits per heavy atom. The molecule has 160 valence electrons. The highest BCUT2D eigenvalue weighted by molar-refractivity contribution is 5.81. The van der Waals surface area contributed by atoms with E-state index in [4.69, 9.17) is 4.74 Å². The molecule has 0 fully saturated rings. The third-order valence-corrected chi connectivity index (χ3v) is 5.48. The average molecular weight is 407 g/mol. The second-order valence-corrected chi connectivity index (χ2v) is 8.18. The van der Waals surface area contributed by atoms with E-state index in [2.05, 4.69) is 31.0 Å². The van der Waals surface area contributed by atoms with Gasteiger partial charge in [0.25, 0.3) is 0 Å². The van der Waals surface area contributed by atoms with E-state index in [-0.39, 0.29) is 0 Å². The Balaban J connectivity index is 1.96. The molecule has 0 bridgehead atoms. The number of hydrogen-bond donors (Lipinski definition) is 0. The zero-order chi connectivity index (χ0) is 21.8. The molecule has 1 atom stereocenters. The normalized spacial score (nSPS) is 12.7. The fourth-order valence-corrected chi connectivity index (χ4v) is 3.34. The van der Waals surface area contributed by atoms with E-state index in [1.807, 2.05) is 24.4 Å². The number of esters is 1. The number of aryl methyl sites for hydroxylation is 1. The summed E-state index contributed by atoms with van der Waals surface area (Å²) in [4.78, 5) is 17.1. The van der Waals surface area contributed by atoms with Gasteiger partial charge in [0.05, 0.1) is 11.8 Å². The van der Waals surface area contributed by atoms with Gasteiger partial charge in [-0.3, -0.25) is 4.98 Å². The first-order valence-electron chi connectivity index (χ1n) is 11.2. The molecule has 1 aromatic heterocycles. The Hall–Kier alpha value is -2.67. The van der Waals surface area contributed by atoms with Gasteiger partial charge in [0.15, 0.2) is 5.41 Å². The molecule has 0 aliphatic rings. The summed E-state index contributed by atoms with van der Waals surface area (Å²) < 4.78 is 5.49. The molecule has 2 rings (SSSR count). The van der Waals surface area contributed by atoms with Crippen LogP contribution in [-0.4, -0.2) is 11.0 Å². The van der Waals surface area contributed by atoms with Gasteiger partial charge >= 0.3 is 5.97 Å². The molecule has 30 heavy (non-hydrogen) atoms. The maximum Gasteiger partial charge on any atom is 0.331 e. The summed E-state index contributed by atoms with van der Waals surface area (Å²) in [5.41, 5.74) is 2.02. The minimum Gasteiger partial charge on any atom is -0.425 e. The van der Waals surface area contributed by atoms with Crippen molar-refractivity contribution in [1.82, 2.24) is 4.98 Å². The van der Waals surface area contributed by atoms with E-state index in [9.17, 15) is 10.1 Å². The van der Waals surface area contributed by atoms with E-state index in [0.29, 0.717) is 12.2 Å². The molecule has 1 heterocycles. The van der Waals surface area contributed by atoms with Crippen LogP contribution in [0.1, 0.15) is 77.7 Å². The predicted molar refractivity (Wildman–Crippen MR) is 121 cm³/mol. The third-order valence-electron chi connectivity index (χ3n) is 5.48. The van der Waals surface area contributed by atoms with Crippen LogP contribution in [-0.2, 0) is 11.2 Å². The quantitative estimate of drug-likeness (QED) is 0.219. The first-order valence-corrected chi connectivity index (χ1v) is 11.2. The smallest absolute Gasteiger partial charge is 0.331 e. The lowest BCUT2D eigenvalue weighted by Gasteiger charge is -2.19. The van der Waals surface area contributed by atoms with Gasteiger partial charge in [-0.1, -0.05) is 58.4 Å². The standard InChI is InChI=1S/C26H34N2O2/c1-4-6-8-9-11-21-12-17-24(28-19-21)22-13-15-23(16-14-22)30-25(29)26(3,20-27)18-10-7-5-2/h12-17,19H,4-11,18H2,1-3H3. The van der Waals surface area contributed by atoms with Crippen molar-refractivity contribution in [1.29, 1.82) is 5.26 Å². The average Bonchev–Trinajstić information content (AvgIpc) is 2.77. The van der Waals surface area contributed by atoms with Crippen LogP contribution < -0.4 is 4.74 Å². The summed E-state index contributed by atoms with van der Waals surface area (Å²) in [5.74, 6) is -0.0346. The highest BCUT2D eigenvalue weighted by Gasteiger charge is 2.35. The van der Waals surface area contributed by atoms with Gasteiger partial charge < -0.3 is 4.74 Å². The van der Waals surface area contributed by atoms with Crippen LogP contribution in [0.15, 0.2) is 42.6 Å². The minimum atomic E-state index is -1.11. The van der Waals surface area contributed by atoms with Crippen LogP contribution in [0.3, 0.4) is 0 Å². The molecule has 1 unspecified atom stereocenters. The van der Waals surface area contributed by atoms with E-state index in [1.54, 1.807) is 19.1 Å². The Morgan fingerprint density at radius 3 is 2.30 bits per heavy atom. The summed E-state index contributed by atoms with van der Waals surface area (Å²) in [6, 6.07) is 13.6. The van der Waals surface area contributed by atoms with Crippen molar-refractivity contribution < 1.29 is 9.53 Å². The third kappa shape index (κ3) is 6.99. The van der Waals surface area contributed by atoms with Gasteiger partial charge in [-0.15, -0.1) is 0 Å². The van der Waals surface area contributed by atoms with E-state index < -0.39 is 11.4 Å². The topological polar surface area (TPSA) is 63.0 Å². The van der Waals surface area contributed by atoms with Crippen LogP contribution >= 0.6 is 0 Å². The summed E-state index contributed by atoms with van der Waals surface area (Å²) in [6.45, 7) is 5.98. The Labute approximate surface area is 181 Å². The molecule has 0 amide bonds. The van der Waals surface area contributed by atoms with Gasteiger partial charge in [-0.2, -0.15) is 5.26 Å². The molecular formula is C26H34N2O2. The largest absolute Gasteiger partial charge is 0.425 e. The number of nitrogens with zero attached hydrogens (tertiary/aromatic N) is 2. The van der Waals surface area contributed by atoms with Crippen molar-refractivity contribution in [2.45, 2.75) is 78.6 Å². The molecule has 0 aliphatic heterocycles. The Morgan fingerprint density at radius 2 is 1.70 bits per heavy atom. The lowest BCUT2D eigenvalue weighted by Crippen LogP contribution is -2.30. The van der Waals surface area contributed by atoms with Gasteiger partial charge in [-0.25, -0.2) is 4.79 Å². The monoisotopic (exact) mass is 406 g/mol. The Bertz CT molecular complexity index is 822. The fourth-order valence-electron chi connectivity index (χ4n) is 3.34. The lowest BCUT2D eigenvalue weighted by atomic mass is 9.86. The molecule has 2 aromatic rings. The second-order valence-electron chi connectivity index (χ2n) is 8.18. The molecule has 0 radical (unpaired) electrons. The summed E-state index contributed by atoms with van der Waals surface area (Å²) in [7, 11) is 0. The van der Waals surface area contributed by atoms with Gasteiger partial charge in [0.2, 0.25) is 0 Å². The number of hydrogen-bond acceptors (Lipinski definition) is 4. The summed E-state index contributed by atoms with van der Waals surface area (Å²) in [5, 5.41) is 9.47. The molecule has 4 heteroatoms. The van der Waals surface area contributed by atoms with Gasteiger partial charge in [0, 0.05) is 11.8 Å². The van der Waals surface area contributed by atoms with Crippen LogP contribution in [0, 0.1) is 16.7 Å². The van der Waals surface area contributed by atoms with Gasteiger partial charge in [0.1, 0.15) is 5.75 Å². The predicted octanol–water partition coefficient (Wildman–Crippen LogP) is 6.89. The van der Waals surface area contributed by atoms with E-state index >= 15 is 0 Å². The van der Waals surface area contributed by atoms with Crippen molar-refractivity contribution >= 4 is 5.97 Å². The molecule has 1 aromatic carbocycles. The second kappa shape index (κ2) is 12.1. The summed E-state index contributed by atoms with van der Waals surface area (Å²) >= 11 is 0. The minimum absolute atomic E-state index is 0.452. The van der Waals surface area contributed by atoms with Crippen LogP contribution in [0.5, 0.6) is 5.75 Å². The van der Waals surface area contributed by atoms with Crippen molar-refractivity contribution in [3.63, 3.8) is 0 Å². The van der Waals surface area contributed by atoms with E-state index in [1.165, 1.54) is 31.2 Å². The molecule has 0 saturated heterocycles. The number of ether oxygens (including phenoxy) is 1. The zero-order valence-electron chi connectivity index (χ0n) is 18.6. The number of pyridine rings is 1. The number of nitriles is 1. The number of aromatic nitrogens is 1.